The van der Waals surface area contributed by atoms with Crippen LogP contribution in [0.1, 0.15) is 46.0 Å². The molecule has 0 aromatic rings. The highest BCUT2D eigenvalue weighted by Crippen LogP contribution is 2.34. The van der Waals surface area contributed by atoms with E-state index in [2.05, 4.69) is 50.3 Å². The van der Waals surface area contributed by atoms with Crippen LogP contribution < -0.4 is 0 Å². The summed E-state index contributed by atoms with van der Waals surface area (Å²) in [7, 11) is 0. The van der Waals surface area contributed by atoms with Crippen molar-refractivity contribution in [3.63, 3.8) is 0 Å². The Labute approximate surface area is 127 Å². The topological polar surface area (TPSA) is 17.1 Å². The third-order valence-corrected chi connectivity index (χ3v) is 4.56. The van der Waals surface area contributed by atoms with E-state index in [0.717, 1.165) is 43.3 Å². The molecule has 3 aliphatic carbocycles. The molecule has 0 aromatic heterocycles. The number of rotatable bonds is 0. The number of Topliss-reactive ketones (excluding diaryl/α,β-unsaturated/α-hetero) is 1. The van der Waals surface area contributed by atoms with Crippen LogP contribution in [0, 0.1) is 0 Å². The van der Waals surface area contributed by atoms with Crippen molar-refractivity contribution in [1.82, 2.24) is 0 Å². The summed E-state index contributed by atoms with van der Waals surface area (Å²) in [5.74, 6) is 0.293. The normalized spacial score (nSPS) is 29.5. The van der Waals surface area contributed by atoms with Gasteiger partial charge in [-0.2, -0.15) is 0 Å². The maximum atomic E-state index is 12.9. The molecule has 0 amide bonds. The van der Waals surface area contributed by atoms with E-state index < -0.39 is 0 Å². The van der Waals surface area contributed by atoms with Gasteiger partial charge in [0.05, 0.1) is 0 Å². The van der Waals surface area contributed by atoms with Crippen LogP contribution in [-0.2, 0) is 4.79 Å². The zero-order valence-electron chi connectivity index (χ0n) is 12.9. The molecule has 0 saturated heterocycles. The van der Waals surface area contributed by atoms with Crippen LogP contribution >= 0.6 is 0 Å². The number of ketones is 1. The number of hydrogen-bond acceptors (Lipinski definition) is 1. The van der Waals surface area contributed by atoms with Crippen molar-refractivity contribution in [3.05, 3.63) is 69.9 Å². The second kappa shape index (κ2) is 5.85. The first-order valence-electron chi connectivity index (χ1n) is 7.83. The lowest BCUT2D eigenvalue weighted by molar-refractivity contribution is -0.113. The van der Waals surface area contributed by atoms with Crippen LogP contribution in [0.15, 0.2) is 69.9 Å². The van der Waals surface area contributed by atoms with Gasteiger partial charge in [0.2, 0.25) is 0 Å². The molecule has 3 aliphatic rings. The minimum absolute atomic E-state index is 0.293. The van der Waals surface area contributed by atoms with Gasteiger partial charge in [-0.15, -0.1) is 0 Å². The van der Waals surface area contributed by atoms with E-state index in [1.54, 1.807) is 0 Å². The fourth-order valence-electron chi connectivity index (χ4n) is 3.19. The molecule has 1 saturated carbocycles. The van der Waals surface area contributed by atoms with Crippen molar-refractivity contribution >= 4 is 5.78 Å². The molecule has 1 nitrogen and oxygen atoms in total. The van der Waals surface area contributed by atoms with E-state index in [1.807, 2.05) is 0 Å². The monoisotopic (exact) mass is 278 g/mol. The number of allylic oxidation sites excluding steroid dienone is 12. The molecule has 0 atom stereocenters. The predicted octanol–water partition coefficient (Wildman–Crippen LogP) is 5.15. The summed E-state index contributed by atoms with van der Waals surface area (Å²) in [5.41, 5.74) is 7.10. The highest BCUT2D eigenvalue weighted by atomic mass is 16.1. The fraction of sp³-hybridized carbons (Fsp3) is 0.350. The van der Waals surface area contributed by atoms with Gasteiger partial charge in [0, 0.05) is 11.1 Å². The molecule has 3 rings (SSSR count). The third kappa shape index (κ3) is 2.92. The lowest BCUT2D eigenvalue weighted by Gasteiger charge is -2.22. The highest BCUT2D eigenvalue weighted by Gasteiger charge is 2.25. The van der Waals surface area contributed by atoms with Gasteiger partial charge in [0.15, 0.2) is 5.78 Å². The van der Waals surface area contributed by atoms with Gasteiger partial charge < -0.3 is 0 Å². The molecular formula is C20H22O. The minimum Gasteiger partial charge on any atom is -0.289 e. The zero-order chi connectivity index (χ0) is 14.8. The summed E-state index contributed by atoms with van der Waals surface area (Å²) in [6, 6.07) is 0. The van der Waals surface area contributed by atoms with E-state index >= 15 is 0 Å². The highest BCUT2D eigenvalue weighted by molar-refractivity contribution is 6.10. The number of carbonyl (C=O) groups is 1. The Morgan fingerprint density at radius 1 is 0.762 bits per heavy atom. The van der Waals surface area contributed by atoms with Crippen LogP contribution in [0.4, 0.5) is 0 Å². The Hall–Kier alpha value is -1.89. The Kier molecular flexibility index (Phi) is 3.92. The van der Waals surface area contributed by atoms with E-state index in [4.69, 9.17) is 0 Å². The van der Waals surface area contributed by atoms with Crippen molar-refractivity contribution in [2.45, 2.75) is 46.0 Å². The van der Waals surface area contributed by atoms with E-state index in [9.17, 15) is 4.79 Å². The first-order valence-corrected chi connectivity index (χ1v) is 7.83. The van der Waals surface area contributed by atoms with Gasteiger partial charge >= 0.3 is 0 Å². The second-order valence-electron chi connectivity index (χ2n) is 6.16. The van der Waals surface area contributed by atoms with Gasteiger partial charge in [-0.1, -0.05) is 47.6 Å². The Bertz CT molecular complexity index is 604. The molecule has 1 heteroatoms. The fourth-order valence-corrected chi connectivity index (χ4v) is 3.19. The molecule has 21 heavy (non-hydrogen) atoms. The van der Waals surface area contributed by atoms with Crippen LogP contribution in [0.5, 0.6) is 0 Å². The van der Waals surface area contributed by atoms with Crippen molar-refractivity contribution in [1.29, 1.82) is 0 Å². The number of hydrogen-bond donors (Lipinski definition) is 0. The van der Waals surface area contributed by atoms with Crippen molar-refractivity contribution in [2.75, 3.05) is 0 Å². The maximum Gasteiger partial charge on any atom is 0.185 e. The van der Waals surface area contributed by atoms with Gasteiger partial charge in [-0.25, -0.2) is 0 Å². The average Bonchev–Trinajstić information content (AvgIpc) is 2.50. The van der Waals surface area contributed by atoms with E-state index in [-0.39, 0.29) is 0 Å². The zero-order valence-corrected chi connectivity index (χ0v) is 12.9. The third-order valence-electron chi connectivity index (χ3n) is 4.56. The summed E-state index contributed by atoms with van der Waals surface area (Å²) in [6.07, 6.45) is 17.7. The maximum absolute atomic E-state index is 12.9. The molecule has 108 valence electrons. The van der Waals surface area contributed by atoms with Crippen LogP contribution in [-0.4, -0.2) is 5.78 Å². The molecular weight excluding hydrogens is 256 g/mol. The molecule has 0 spiro atoms. The summed E-state index contributed by atoms with van der Waals surface area (Å²) in [6.45, 7) is 4.21. The largest absolute Gasteiger partial charge is 0.289 e. The smallest absolute Gasteiger partial charge is 0.185 e. The van der Waals surface area contributed by atoms with Crippen LogP contribution in [0.3, 0.4) is 0 Å². The first-order chi connectivity index (χ1) is 10.1. The average molecular weight is 278 g/mol. The predicted molar refractivity (Wildman–Crippen MR) is 87.9 cm³/mol. The Morgan fingerprint density at radius 3 is 1.62 bits per heavy atom. The molecule has 0 N–H and O–H groups in total. The summed E-state index contributed by atoms with van der Waals surface area (Å²) in [4.78, 5) is 12.9. The van der Waals surface area contributed by atoms with Crippen molar-refractivity contribution < 1.29 is 4.79 Å². The Morgan fingerprint density at radius 2 is 1.24 bits per heavy atom. The molecule has 0 bridgehead atoms. The molecule has 0 unspecified atom stereocenters. The van der Waals surface area contributed by atoms with E-state index in [1.165, 1.54) is 22.3 Å². The standard InChI is InChI=1S/C20H22O/c1-14-6-10-16(11-7-14)18-4-3-5-19(20(18)21)17-12-8-15(2)9-13-17/h6-10,12H,3-5,11,13H2,1-2H3. The van der Waals surface area contributed by atoms with Crippen LogP contribution in [0.2, 0.25) is 0 Å². The van der Waals surface area contributed by atoms with Gasteiger partial charge in [-0.3, -0.25) is 4.79 Å². The molecule has 1 fully saturated rings. The summed E-state index contributed by atoms with van der Waals surface area (Å²) < 4.78 is 0. The van der Waals surface area contributed by atoms with Gasteiger partial charge in [0.25, 0.3) is 0 Å². The molecule has 0 aromatic carbocycles. The summed E-state index contributed by atoms with van der Waals surface area (Å²) >= 11 is 0. The quantitative estimate of drug-likeness (QED) is 0.560. The summed E-state index contributed by atoms with van der Waals surface area (Å²) in [5, 5.41) is 0. The Balaban J connectivity index is 1.92. The second-order valence-corrected chi connectivity index (χ2v) is 6.16. The van der Waals surface area contributed by atoms with Crippen molar-refractivity contribution in [3.8, 4) is 0 Å². The van der Waals surface area contributed by atoms with Crippen molar-refractivity contribution in [2.24, 2.45) is 0 Å². The molecule has 0 radical (unpaired) electrons. The van der Waals surface area contributed by atoms with Gasteiger partial charge in [-0.05, 0) is 57.1 Å². The molecule has 0 aliphatic heterocycles. The molecule has 0 heterocycles. The minimum atomic E-state index is 0.293. The lowest BCUT2D eigenvalue weighted by Crippen LogP contribution is -2.16. The van der Waals surface area contributed by atoms with Gasteiger partial charge in [0.1, 0.15) is 0 Å². The SMILES string of the molecule is CC1=CCC(=C2CCCC(=C3C=CC(C)=CC3)C2=O)C=C1. The first kappa shape index (κ1) is 14.1. The number of carbonyl (C=O) groups excluding carboxylic acids is 1. The lowest BCUT2D eigenvalue weighted by atomic mass is 9.81. The van der Waals surface area contributed by atoms with E-state index in [0.29, 0.717) is 5.78 Å². The van der Waals surface area contributed by atoms with Crippen LogP contribution in [0.25, 0.3) is 0 Å².